The summed E-state index contributed by atoms with van der Waals surface area (Å²) < 4.78 is 12.1. The maximum Gasteiger partial charge on any atom is 0.251 e. The number of benzene rings is 1. The molecule has 0 radical (unpaired) electrons. The number of nitrogens with zero attached hydrogens (tertiary/aromatic N) is 2. The lowest BCUT2D eigenvalue weighted by Crippen LogP contribution is -2.45. The van der Waals surface area contributed by atoms with E-state index < -0.39 is 5.79 Å². The average molecular weight is 387 g/mol. The number of fused-ring (bicyclic) bond motifs is 1. The van der Waals surface area contributed by atoms with Crippen molar-refractivity contribution in [2.75, 3.05) is 39.0 Å². The molecule has 1 aromatic rings. The molecule has 3 aliphatic rings. The number of hydrogen-bond acceptors (Lipinski definition) is 5. The monoisotopic (exact) mass is 387 g/mol. The van der Waals surface area contributed by atoms with E-state index in [1.165, 1.54) is 0 Å². The molecular formula is C21H29N3O4. The minimum absolute atomic E-state index is 0.0234. The third-order valence-electron chi connectivity index (χ3n) is 5.85. The van der Waals surface area contributed by atoms with Crippen molar-refractivity contribution in [3.8, 4) is 11.5 Å². The van der Waals surface area contributed by atoms with Crippen LogP contribution in [0, 0.1) is 5.92 Å². The summed E-state index contributed by atoms with van der Waals surface area (Å²) >= 11 is 0. The Hall–Kier alpha value is -2.28. The maximum atomic E-state index is 12.5. The molecular weight excluding hydrogens is 358 g/mol. The van der Waals surface area contributed by atoms with Crippen LogP contribution in [0.3, 0.4) is 0 Å². The molecule has 0 bridgehead atoms. The highest BCUT2D eigenvalue weighted by Crippen LogP contribution is 2.47. The zero-order valence-corrected chi connectivity index (χ0v) is 16.7. The molecule has 28 heavy (non-hydrogen) atoms. The van der Waals surface area contributed by atoms with Crippen LogP contribution in [-0.4, -0.2) is 61.1 Å². The molecule has 1 aliphatic carbocycles. The van der Waals surface area contributed by atoms with Gasteiger partial charge in [0, 0.05) is 45.2 Å². The fourth-order valence-corrected chi connectivity index (χ4v) is 4.46. The first-order valence-electron chi connectivity index (χ1n) is 10.2. The number of hydrogen-bond donors (Lipinski definition) is 1. The van der Waals surface area contributed by atoms with E-state index in [4.69, 9.17) is 9.47 Å². The van der Waals surface area contributed by atoms with Crippen molar-refractivity contribution in [1.82, 2.24) is 9.80 Å². The van der Waals surface area contributed by atoms with Gasteiger partial charge in [-0.3, -0.25) is 14.5 Å². The molecule has 7 heteroatoms. The minimum Gasteiger partial charge on any atom is -0.448 e. The van der Waals surface area contributed by atoms with Gasteiger partial charge < -0.3 is 19.7 Å². The molecule has 1 spiro atoms. The van der Waals surface area contributed by atoms with Crippen LogP contribution in [0.1, 0.15) is 38.5 Å². The van der Waals surface area contributed by atoms with E-state index in [0.29, 0.717) is 18.0 Å². The van der Waals surface area contributed by atoms with E-state index in [2.05, 4.69) is 10.2 Å². The van der Waals surface area contributed by atoms with E-state index in [9.17, 15) is 9.59 Å². The van der Waals surface area contributed by atoms with Gasteiger partial charge in [-0.25, -0.2) is 0 Å². The SMILES string of the molecule is CN(C)C(=O)C1CCCN(CC(=O)Nc2ccc3c(c2)OC2(CCCC2)O3)C1. The fraction of sp³-hybridized carbons (Fsp3) is 0.619. The first kappa shape index (κ1) is 19.1. The minimum atomic E-state index is -0.493. The Morgan fingerprint density at radius 2 is 1.93 bits per heavy atom. The number of anilines is 1. The molecule has 1 unspecified atom stereocenters. The molecule has 7 nitrogen and oxygen atoms in total. The van der Waals surface area contributed by atoms with E-state index in [1.807, 2.05) is 18.2 Å². The number of rotatable bonds is 4. The molecule has 2 amide bonds. The van der Waals surface area contributed by atoms with Crippen molar-refractivity contribution in [2.45, 2.75) is 44.3 Å². The normalized spacial score (nSPS) is 23.0. The molecule has 2 heterocycles. The number of carbonyl (C=O) groups is 2. The molecule has 1 N–H and O–H groups in total. The molecule has 1 saturated heterocycles. The van der Waals surface area contributed by atoms with Crippen molar-refractivity contribution in [1.29, 1.82) is 0 Å². The molecule has 1 atom stereocenters. The molecule has 152 valence electrons. The van der Waals surface area contributed by atoms with Gasteiger partial charge in [0.2, 0.25) is 11.8 Å². The van der Waals surface area contributed by atoms with Crippen LogP contribution in [0.25, 0.3) is 0 Å². The molecule has 0 aromatic heterocycles. The Bertz CT molecular complexity index is 758. The number of piperidine rings is 1. The fourth-order valence-electron chi connectivity index (χ4n) is 4.46. The second kappa shape index (κ2) is 7.62. The van der Waals surface area contributed by atoms with Gasteiger partial charge in [-0.15, -0.1) is 0 Å². The van der Waals surface area contributed by atoms with Crippen LogP contribution in [0.4, 0.5) is 5.69 Å². The van der Waals surface area contributed by atoms with Crippen molar-refractivity contribution >= 4 is 17.5 Å². The number of carbonyl (C=O) groups excluding carboxylic acids is 2. The van der Waals surface area contributed by atoms with Crippen LogP contribution in [0.2, 0.25) is 0 Å². The van der Waals surface area contributed by atoms with Crippen LogP contribution >= 0.6 is 0 Å². The van der Waals surface area contributed by atoms with Gasteiger partial charge in [-0.2, -0.15) is 0 Å². The van der Waals surface area contributed by atoms with Gasteiger partial charge in [0.05, 0.1) is 12.5 Å². The van der Waals surface area contributed by atoms with Gasteiger partial charge in [0.15, 0.2) is 11.5 Å². The van der Waals surface area contributed by atoms with Gasteiger partial charge in [0.1, 0.15) is 0 Å². The second-order valence-corrected chi connectivity index (χ2v) is 8.34. The van der Waals surface area contributed by atoms with E-state index in [0.717, 1.165) is 50.8 Å². The second-order valence-electron chi connectivity index (χ2n) is 8.34. The first-order valence-corrected chi connectivity index (χ1v) is 10.2. The molecule has 1 aromatic carbocycles. The van der Waals surface area contributed by atoms with Crippen molar-refractivity contribution in [3.63, 3.8) is 0 Å². The van der Waals surface area contributed by atoms with E-state index in [1.54, 1.807) is 19.0 Å². The number of likely N-dealkylation sites (tertiary alicyclic amines) is 1. The van der Waals surface area contributed by atoms with Gasteiger partial charge in [-0.05, 0) is 44.4 Å². The van der Waals surface area contributed by atoms with Crippen molar-refractivity contribution in [2.24, 2.45) is 5.92 Å². The summed E-state index contributed by atoms with van der Waals surface area (Å²) in [5.41, 5.74) is 0.709. The van der Waals surface area contributed by atoms with Gasteiger partial charge >= 0.3 is 0 Å². The van der Waals surface area contributed by atoms with Crippen LogP contribution < -0.4 is 14.8 Å². The third-order valence-corrected chi connectivity index (χ3v) is 5.85. The molecule has 2 fully saturated rings. The molecule has 4 rings (SSSR count). The van der Waals surface area contributed by atoms with Crippen LogP contribution in [0.5, 0.6) is 11.5 Å². The van der Waals surface area contributed by atoms with Gasteiger partial charge in [-0.1, -0.05) is 0 Å². The highest BCUT2D eigenvalue weighted by Gasteiger charge is 2.44. The standard InChI is InChI=1S/C21H29N3O4/c1-23(2)20(26)15-6-5-11-24(13-15)14-19(25)22-16-7-8-17-18(12-16)28-21(27-17)9-3-4-10-21/h7-8,12,15H,3-6,9-11,13-14H2,1-2H3,(H,22,25). The Kier molecular flexibility index (Phi) is 5.19. The topological polar surface area (TPSA) is 71.1 Å². The highest BCUT2D eigenvalue weighted by atomic mass is 16.7. The predicted molar refractivity (Wildman–Crippen MR) is 105 cm³/mol. The summed E-state index contributed by atoms with van der Waals surface area (Å²) in [5, 5.41) is 2.95. The first-order chi connectivity index (χ1) is 13.4. The summed E-state index contributed by atoms with van der Waals surface area (Å²) in [5.74, 6) is 1.00. The maximum absolute atomic E-state index is 12.5. The summed E-state index contributed by atoms with van der Waals surface area (Å²) in [7, 11) is 3.56. The third kappa shape index (κ3) is 3.94. The van der Waals surface area contributed by atoms with Crippen LogP contribution in [0.15, 0.2) is 18.2 Å². The quantitative estimate of drug-likeness (QED) is 0.859. The van der Waals surface area contributed by atoms with Crippen molar-refractivity contribution < 1.29 is 19.1 Å². The number of ether oxygens (including phenoxy) is 2. The largest absolute Gasteiger partial charge is 0.448 e. The van der Waals surface area contributed by atoms with E-state index >= 15 is 0 Å². The lowest BCUT2D eigenvalue weighted by molar-refractivity contribution is -0.135. The molecule has 2 aliphatic heterocycles. The predicted octanol–water partition coefficient (Wildman–Crippen LogP) is 2.47. The smallest absolute Gasteiger partial charge is 0.251 e. The average Bonchev–Trinajstić information content (AvgIpc) is 3.26. The van der Waals surface area contributed by atoms with Gasteiger partial charge in [0.25, 0.3) is 5.79 Å². The Balaban J connectivity index is 1.33. The Morgan fingerprint density at radius 1 is 1.18 bits per heavy atom. The summed E-state index contributed by atoms with van der Waals surface area (Å²) in [4.78, 5) is 28.4. The zero-order valence-electron chi connectivity index (χ0n) is 16.7. The lowest BCUT2D eigenvalue weighted by atomic mass is 9.97. The zero-order chi connectivity index (χ0) is 19.7. The Labute approximate surface area is 166 Å². The van der Waals surface area contributed by atoms with Crippen molar-refractivity contribution in [3.05, 3.63) is 18.2 Å². The lowest BCUT2D eigenvalue weighted by Gasteiger charge is -2.32. The van der Waals surface area contributed by atoms with Crippen LogP contribution in [-0.2, 0) is 9.59 Å². The number of nitrogens with one attached hydrogen (secondary N) is 1. The number of amides is 2. The summed E-state index contributed by atoms with van der Waals surface area (Å²) in [6.07, 6.45) is 5.87. The summed E-state index contributed by atoms with van der Waals surface area (Å²) in [6, 6.07) is 5.56. The molecule has 1 saturated carbocycles. The van der Waals surface area contributed by atoms with E-state index in [-0.39, 0.29) is 24.3 Å². The summed E-state index contributed by atoms with van der Waals surface area (Å²) in [6.45, 7) is 1.76. The Morgan fingerprint density at radius 3 is 2.68 bits per heavy atom. The highest BCUT2D eigenvalue weighted by molar-refractivity contribution is 5.92.